The maximum Gasteiger partial charge on any atom is 0.308 e. The Kier molecular flexibility index (Phi) is 8.87. The van der Waals surface area contributed by atoms with Crippen molar-refractivity contribution in [1.29, 1.82) is 0 Å². The predicted octanol–water partition coefficient (Wildman–Crippen LogP) is 6.95. The summed E-state index contributed by atoms with van der Waals surface area (Å²) in [5.74, 6) is 1.86. The van der Waals surface area contributed by atoms with Crippen LogP contribution in [0, 0.1) is 0 Å². The Morgan fingerprint density at radius 3 is 2.39 bits per heavy atom. The van der Waals surface area contributed by atoms with Crippen molar-refractivity contribution < 1.29 is 19.0 Å². The molecule has 174 valence electrons. The van der Waals surface area contributed by atoms with Gasteiger partial charge < -0.3 is 14.2 Å². The molecular formula is C28H33NO4. The molecule has 0 amide bonds. The van der Waals surface area contributed by atoms with Gasteiger partial charge in [-0.1, -0.05) is 26.3 Å². The number of benzene rings is 2. The molecule has 5 nitrogen and oxygen atoms in total. The molecule has 1 aromatic heterocycles. The first kappa shape index (κ1) is 24.3. The zero-order valence-electron chi connectivity index (χ0n) is 20.0. The van der Waals surface area contributed by atoms with Crippen LogP contribution in [0.2, 0.25) is 0 Å². The van der Waals surface area contributed by atoms with Crippen LogP contribution < -0.4 is 14.2 Å². The van der Waals surface area contributed by atoms with Crippen LogP contribution in [0.15, 0.2) is 60.7 Å². The third kappa shape index (κ3) is 6.82. The van der Waals surface area contributed by atoms with Crippen LogP contribution in [0.5, 0.6) is 17.2 Å². The first-order valence-electron chi connectivity index (χ1n) is 11.7. The number of carbonyl (C=O) groups excluding carboxylic acids is 1. The lowest BCUT2D eigenvalue weighted by atomic mass is 10.1. The van der Waals surface area contributed by atoms with Gasteiger partial charge in [0.2, 0.25) is 0 Å². The van der Waals surface area contributed by atoms with Gasteiger partial charge in [0.25, 0.3) is 0 Å². The summed E-state index contributed by atoms with van der Waals surface area (Å²) >= 11 is 0. The number of aromatic nitrogens is 1. The van der Waals surface area contributed by atoms with Crippen molar-refractivity contribution in [3.63, 3.8) is 0 Å². The van der Waals surface area contributed by atoms with E-state index in [0.717, 1.165) is 59.7 Å². The number of nitrogens with zero attached hydrogens (tertiary/aromatic N) is 1. The van der Waals surface area contributed by atoms with Gasteiger partial charge in [0.05, 0.1) is 18.0 Å². The largest absolute Gasteiger partial charge is 0.494 e. The highest BCUT2D eigenvalue weighted by Crippen LogP contribution is 2.31. The molecule has 0 N–H and O–H groups in total. The fourth-order valence-corrected chi connectivity index (χ4v) is 3.66. The second-order valence-corrected chi connectivity index (χ2v) is 7.87. The van der Waals surface area contributed by atoms with Crippen LogP contribution in [0.25, 0.3) is 11.3 Å². The number of rotatable bonds is 11. The van der Waals surface area contributed by atoms with E-state index < -0.39 is 0 Å². The Hall–Kier alpha value is -3.34. The van der Waals surface area contributed by atoms with Crippen molar-refractivity contribution >= 4 is 5.97 Å². The quantitative estimate of drug-likeness (QED) is 0.235. The number of pyridine rings is 1. The van der Waals surface area contributed by atoms with Gasteiger partial charge in [-0.3, -0.25) is 4.79 Å². The molecule has 0 aliphatic heterocycles. The van der Waals surface area contributed by atoms with Gasteiger partial charge in [-0.25, -0.2) is 4.98 Å². The van der Waals surface area contributed by atoms with E-state index in [1.807, 2.05) is 68.4 Å². The van der Waals surface area contributed by atoms with Crippen molar-refractivity contribution in [3.05, 3.63) is 71.9 Å². The molecule has 0 saturated carbocycles. The van der Waals surface area contributed by atoms with E-state index in [9.17, 15) is 4.79 Å². The van der Waals surface area contributed by atoms with Crippen LogP contribution in [-0.4, -0.2) is 17.6 Å². The van der Waals surface area contributed by atoms with Crippen LogP contribution in [-0.2, 0) is 11.2 Å². The highest BCUT2D eigenvalue weighted by Gasteiger charge is 2.17. The number of aryl methyl sites for hydroxylation is 1. The number of hydrogen-bond donors (Lipinski definition) is 0. The molecule has 0 saturated heterocycles. The molecule has 1 atom stereocenters. The normalized spacial score (nSPS) is 11.6. The molecular weight excluding hydrogens is 414 g/mol. The minimum absolute atomic E-state index is 0.170. The molecule has 0 fully saturated rings. The zero-order chi connectivity index (χ0) is 23.6. The number of ether oxygens (including phenoxy) is 3. The monoisotopic (exact) mass is 447 g/mol. The summed E-state index contributed by atoms with van der Waals surface area (Å²) in [6, 6.07) is 19.7. The number of carbonyl (C=O) groups is 1. The molecule has 0 aliphatic rings. The van der Waals surface area contributed by atoms with Gasteiger partial charge in [-0.05, 0) is 86.3 Å². The summed E-state index contributed by atoms with van der Waals surface area (Å²) in [6.07, 6.45) is 3.54. The molecule has 5 heteroatoms. The lowest BCUT2D eigenvalue weighted by molar-refractivity contribution is -0.131. The average molecular weight is 448 g/mol. The number of esters is 1. The van der Waals surface area contributed by atoms with Crippen molar-refractivity contribution in [2.75, 3.05) is 6.61 Å². The first-order valence-corrected chi connectivity index (χ1v) is 11.7. The van der Waals surface area contributed by atoms with Crippen molar-refractivity contribution in [3.8, 4) is 28.5 Å². The van der Waals surface area contributed by atoms with E-state index in [1.165, 1.54) is 6.92 Å². The van der Waals surface area contributed by atoms with Gasteiger partial charge in [0.1, 0.15) is 23.4 Å². The number of hydrogen-bond acceptors (Lipinski definition) is 5. The van der Waals surface area contributed by atoms with Gasteiger partial charge >= 0.3 is 5.97 Å². The molecule has 0 spiro atoms. The van der Waals surface area contributed by atoms with Crippen molar-refractivity contribution in [1.82, 2.24) is 4.98 Å². The van der Waals surface area contributed by atoms with Crippen molar-refractivity contribution in [2.45, 2.75) is 59.5 Å². The van der Waals surface area contributed by atoms with E-state index in [2.05, 4.69) is 6.92 Å². The predicted molar refractivity (Wildman–Crippen MR) is 131 cm³/mol. The van der Waals surface area contributed by atoms with Crippen LogP contribution in [0.3, 0.4) is 0 Å². The minimum Gasteiger partial charge on any atom is -0.494 e. The Morgan fingerprint density at radius 1 is 0.970 bits per heavy atom. The summed E-state index contributed by atoms with van der Waals surface area (Å²) in [7, 11) is 0. The lowest BCUT2D eigenvalue weighted by Gasteiger charge is -2.20. The summed E-state index contributed by atoms with van der Waals surface area (Å²) in [5, 5.41) is 0. The van der Waals surface area contributed by atoms with E-state index >= 15 is 0 Å². The fraction of sp³-hybridized carbons (Fsp3) is 0.357. The summed E-state index contributed by atoms with van der Waals surface area (Å²) in [6.45, 7) is 8.23. The smallest absolute Gasteiger partial charge is 0.308 e. The van der Waals surface area contributed by atoms with E-state index in [0.29, 0.717) is 12.4 Å². The molecule has 0 bridgehead atoms. The number of unbranched alkanes of at least 4 members (excludes halogenated alkanes) is 1. The highest BCUT2D eigenvalue weighted by molar-refractivity contribution is 5.70. The molecule has 0 radical (unpaired) electrons. The third-order valence-corrected chi connectivity index (χ3v) is 5.33. The van der Waals surface area contributed by atoms with Gasteiger partial charge in [-0.2, -0.15) is 0 Å². The average Bonchev–Trinajstić information content (AvgIpc) is 2.83. The maximum absolute atomic E-state index is 11.4. The Labute approximate surface area is 196 Å². The minimum atomic E-state index is -0.325. The van der Waals surface area contributed by atoms with Gasteiger partial charge in [-0.15, -0.1) is 0 Å². The topological polar surface area (TPSA) is 57.7 Å². The summed E-state index contributed by atoms with van der Waals surface area (Å²) < 4.78 is 17.3. The Bertz CT molecular complexity index is 1050. The molecule has 2 aromatic carbocycles. The lowest BCUT2D eigenvalue weighted by Crippen LogP contribution is -2.11. The summed E-state index contributed by atoms with van der Waals surface area (Å²) in [5.41, 5.74) is 3.78. The van der Waals surface area contributed by atoms with Crippen LogP contribution >= 0.6 is 0 Å². The SMILES string of the molecule is CCCCC(Oc1ccc(OC(C)=O)c(CC)c1)c1cccc(-c2ccc(OCC)cc2)n1. The molecule has 3 aromatic rings. The van der Waals surface area contributed by atoms with Crippen LogP contribution in [0.4, 0.5) is 0 Å². The zero-order valence-corrected chi connectivity index (χ0v) is 20.0. The molecule has 1 unspecified atom stereocenters. The van der Waals surface area contributed by atoms with E-state index in [1.54, 1.807) is 6.07 Å². The highest BCUT2D eigenvalue weighted by atomic mass is 16.5. The van der Waals surface area contributed by atoms with Gasteiger partial charge in [0.15, 0.2) is 0 Å². The molecule has 1 heterocycles. The molecule has 33 heavy (non-hydrogen) atoms. The second-order valence-electron chi connectivity index (χ2n) is 7.87. The van der Waals surface area contributed by atoms with Crippen LogP contribution in [0.1, 0.15) is 64.3 Å². The standard InChI is InChI=1S/C28H33NO4/c1-5-8-12-28(33-24-17-18-27(32-20(4)30)21(6-2)19-24)26-11-9-10-25(29-26)22-13-15-23(16-14-22)31-7-3/h9-11,13-19,28H,5-8,12H2,1-4H3. The second kappa shape index (κ2) is 12.0. The molecule has 0 aliphatic carbocycles. The fourth-order valence-electron chi connectivity index (χ4n) is 3.66. The van der Waals surface area contributed by atoms with E-state index in [4.69, 9.17) is 19.2 Å². The van der Waals surface area contributed by atoms with Gasteiger partial charge in [0, 0.05) is 12.5 Å². The Morgan fingerprint density at radius 2 is 1.73 bits per heavy atom. The molecule has 3 rings (SSSR count). The Balaban J connectivity index is 1.85. The first-order chi connectivity index (χ1) is 16.0. The third-order valence-electron chi connectivity index (χ3n) is 5.33. The summed E-state index contributed by atoms with van der Waals surface area (Å²) in [4.78, 5) is 16.3. The van der Waals surface area contributed by atoms with Crippen molar-refractivity contribution in [2.24, 2.45) is 0 Å². The maximum atomic E-state index is 11.4. The van der Waals surface area contributed by atoms with E-state index in [-0.39, 0.29) is 12.1 Å².